The first-order valence-corrected chi connectivity index (χ1v) is 10.4. The van der Waals surface area contributed by atoms with Gasteiger partial charge in [0.2, 0.25) is 0 Å². The van der Waals surface area contributed by atoms with E-state index in [4.69, 9.17) is 4.74 Å². The molecule has 0 spiro atoms. The molecule has 1 N–H and O–H groups in total. The summed E-state index contributed by atoms with van der Waals surface area (Å²) in [5.74, 6) is -1.42. The monoisotopic (exact) mass is 422 g/mol. The van der Waals surface area contributed by atoms with E-state index < -0.39 is 30.0 Å². The predicted molar refractivity (Wildman–Crippen MR) is 102 cm³/mol. The molecule has 1 saturated carbocycles. The summed E-state index contributed by atoms with van der Waals surface area (Å²) in [6, 6.07) is 0. The van der Waals surface area contributed by atoms with Crippen LogP contribution in [0.3, 0.4) is 0 Å². The van der Waals surface area contributed by atoms with E-state index in [1.54, 1.807) is 18.2 Å². The molecular weight excluding hydrogens is 389 g/mol. The van der Waals surface area contributed by atoms with Crippen molar-refractivity contribution in [1.29, 1.82) is 0 Å². The second-order valence-electron chi connectivity index (χ2n) is 8.50. The number of carboxylic acids is 1. The van der Waals surface area contributed by atoms with Crippen LogP contribution in [0.5, 0.6) is 0 Å². The Morgan fingerprint density at radius 2 is 2.10 bits per heavy atom. The van der Waals surface area contributed by atoms with E-state index in [9.17, 15) is 19.4 Å². The van der Waals surface area contributed by atoms with Gasteiger partial charge in [-0.3, -0.25) is 0 Å². The zero-order valence-corrected chi connectivity index (χ0v) is 20.0. The number of allylic oxidation sites excluding steroid dienone is 2. The normalized spacial score (nSPS) is 34.8. The number of aliphatic carboxylic acids is 1. The van der Waals surface area contributed by atoms with Crippen molar-refractivity contribution < 1.29 is 58.1 Å². The van der Waals surface area contributed by atoms with Gasteiger partial charge >= 0.3 is 29.6 Å². The van der Waals surface area contributed by atoms with Crippen LogP contribution in [0, 0.1) is 17.8 Å². The van der Waals surface area contributed by atoms with Crippen molar-refractivity contribution in [3.63, 3.8) is 0 Å². The summed E-state index contributed by atoms with van der Waals surface area (Å²) in [5.41, 5.74) is -1.70. The van der Waals surface area contributed by atoms with Gasteiger partial charge in [0.25, 0.3) is 0 Å². The van der Waals surface area contributed by atoms with Crippen molar-refractivity contribution in [2.75, 3.05) is 0 Å². The molecule has 1 saturated heterocycles. The molecule has 1 aliphatic carbocycles. The van der Waals surface area contributed by atoms with Crippen molar-refractivity contribution in [3.05, 3.63) is 24.3 Å². The molecule has 1 heterocycles. The average Bonchev–Trinajstić information content (AvgIpc) is 3.09. The molecule has 160 valence electrons. The number of alkyl halides is 2. The van der Waals surface area contributed by atoms with Crippen LogP contribution in [-0.2, 0) is 9.53 Å². The molecule has 8 atom stereocenters. The van der Waals surface area contributed by atoms with Crippen molar-refractivity contribution in [2.45, 2.75) is 89.4 Å². The summed E-state index contributed by atoms with van der Waals surface area (Å²) in [6.45, 7) is 5.40. The molecule has 1 aliphatic heterocycles. The molecule has 0 aromatic rings. The topological polar surface area (TPSA) is 69.6 Å². The van der Waals surface area contributed by atoms with Gasteiger partial charge in [0.15, 0.2) is 0 Å². The van der Waals surface area contributed by atoms with Crippen LogP contribution in [-0.4, -0.2) is 41.2 Å². The third-order valence-corrected chi connectivity index (χ3v) is 6.14. The van der Waals surface area contributed by atoms with Gasteiger partial charge in [0.1, 0.15) is 24.0 Å². The van der Waals surface area contributed by atoms with Gasteiger partial charge < -0.3 is 19.7 Å². The molecule has 2 unspecified atom stereocenters. The number of carboxylic acid groups (broad SMARTS) is 1. The number of unbranched alkanes of at least 4 members (excludes halogenated alkanes) is 1. The number of halogens is 2. The standard InChI is InChI=1S/C22H34F2O4.Na/c1-4-5-12-22(3,24)18(25)11-10-15-14(2)13-17-20(15)21(23)16(28-17)8-6-7-9-19(26)27;/h6,8,10-11,14-18,20-21,25H,4-5,7,9,12-13H2,1-3H3,(H,26,27);/q;+1/p-1/b8-6+,11-10+;/t14-,15+,16-,17-,18-,20-,21?,22?;/m1./s1. The summed E-state index contributed by atoms with van der Waals surface area (Å²) in [7, 11) is 0. The zero-order chi connectivity index (χ0) is 20.9. The molecule has 7 heteroatoms. The molecule has 0 amide bonds. The van der Waals surface area contributed by atoms with E-state index in [1.807, 2.05) is 13.8 Å². The number of hydrogen-bond donors (Lipinski definition) is 1. The summed E-state index contributed by atoms with van der Waals surface area (Å²) in [4.78, 5) is 10.4. The summed E-state index contributed by atoms with van der Waals surface area (Å²) in [6.07, 6.45) is 5.86. The number of hydrogen-bond acceptors (Lipinski definition) is 4. The summed E-state index contributed by atoms with van der Waals surface area (Å²) in [5, 5.41) is 20.7. The fourth-order valence-electron chi connectivity index (χ4n) is 4.37. The Morgan fingerprint density at radius 3 is 2.72 bits per heavy atom. The maximum Gasteiger partial charge on any atom is 1.00 e. The molecule has 29 heavy (non-hydrogen) atoms. The quantitative estimate of drug-likeness (QED) is 0.406. The fourth-order valence-corrected chi connectivity index (χ4v) is 4.37. The Hall–Kier alpha value is -0.270. The van der Waals surface area contributed by atoms with Crippen LogP contribution in [0.2, 0.25) is 0 Å². The Morgan fingerprint density at radius 1 is 1.41 bits per heavy atom. The number of ether oxygens (including phenoxy) is 1. The number of aliphatic hydroxyl groups is 1. The zero-order valence-electron chi connectivity index (χ0n) is 18.0. The number of carbonyl (C=O) groups excluding carboxylic acids is 1. The van der Waals surface area contributed by atoms with E-state index in [1.165, 1.54) is 13.0 Å². The van der Waals surface area contributed by atoms with Crippen LogP contribution >= 0.6 is 0 Å². The molecule has 0 bridgehead atoms. The first kappa shape index (κ1) is 26.8. The largest absolute Gasteiger partial charge is 1.00 e. The molecule has 0 aromatic heterocycles. The first-order valence-electron chi connectivity index (χ1n) is 10.4. The van der Waals surface area contributed by atoms with Crippen LogP contribution < -0.4 is 34.7 Å². The Bertz CT molecular complexity index is 581. The summed E-state index contributed by atoms with van der Waals surface area (Å²) >= 11 is 0. The van der Waals surface area contributed by atoms with E-state index >= 15 is 4.39 Å². The minimum atomic E-state index is -1.70. The predicted octanol–water partition coefficient (Wildman–Crippen LogP) is 0.290. The van der Waals surface area contributed by atoms with Crippen molar-refractivity contribution >= 4 is 5.97 Å². The van der Waals surface area contributed by atoms with Gasteiger partial charge in [-0.15, -0.1) is 0 Å². The Labute approximate surface area is 195 Å². The van der Waals surface area contributed by atoms with Crippen molar-refractivity contribution in [1.82, 2.24) is 0 Å². The number of aliphatic hydroxyl groups excluding tert-OH is 1. The van der Waals surface area contributed by atoms with Gasteiger partial charge in [-0.2, -0.15) is 0 Å². The molecule has 4 nitrogen and oxygen atoms in total. The molecular formula is C22H33F2NaO4. The Kier molecular flexibility index (Phi) is 11.0. The maximum absolute atomic E-state index is 15.0. The third-order valence-electron chi connectivity index (χ3n) is 6.14. The second kappa shape index (κ2) is 11.9. The first-order chi connectivity index (χ1) is 13.2. The fraction of sp³-hybridized carbons (Fsp3) is 0.773. The molecule has 2 aliphatic rings. The van der Waals surface area contributed by atoms with Crippen LogP contribution in [0.15, 0.2) is 24.3 Å². The van der Waals surface area contributed by atoms with Gasteiger partial charge in [0, 0.05) is 11.9 Å². The number of fused-ring (bicyclic) bond motifs is 1. The van der Waals surface area contributed by atoms with Crippen molar-refractivity contribution in [3.8, 4) is 0 Å². The smallest absolute Gasteiger partial charge is 0.550 e. The van der Waals surface area contributed by atoms with Crippen LogP contribution in [0.25, 0.3) is 0 Å². The van der Waals surface area contributed by atoms with Crippen LogP contribution in [0.1, 0.15) is 59.3 Å². The van der Waals surface area contributed by atoms with E-state index in [-0.39, 0.29) is 72.7 Å². The SMILES string of the molecule is CCCCC(C)(F)[C@H](O)/C=C/[C@@H]1[C@H]2C(F)[C@@H](/C=C/CCC(=O)[O-])O[C@@H]2C[C@H]1C.[Na+]. The van der Waals surface area contributed by atoms with Crippen molar-refractivity contribution in [2.24, 2.45) is 17.8 Å². The molecule has 2 fully saturated rings. The number of rotatable bonds is 10. The number of carbonyl (C=O) groups is 1. The molecule has 0 radical (unpaired) electrons. The molecule has 0 aromatic carbocycles. The van der Waals surface area contributed by atoms with Gasteiger partial charge in [0.05, 0.1) is 6.10 Å². The van der Waals surface area contributed by atoms with E-state index in [0.29, 0.717) is 12.8 Å². The molecule has 2 rings (SSSR count). The average molecular weight is 422 g/mol. The van der Waals surface area contributed by atoms with E-state index in [2.05, 4.69) is 0 Å². The minimum Gasteiger partial charge on any atom is -0.550 e. The minimum absolute atomic E-state index is 0. The van der Waals surface area contributed by atoms with Crippen LogP contribution in [0.4, 0.5) is 8.78 Å². The van der Waals surface area contributed by atoms with E-state index in [0.717, 1.165) is 6.42 Å². The van der Waals surface area contributed by atoms with Gasteiger partial charge in [-0.1, -0.05) is 51.0 Å². The Balaban J connectivity index is 0.00000420. The van der Waals surface area contributed by atoms with Gasteiger partial charge in [-0.05, 0) is 44.4 Å². The summed E-state index contributed by atoms with van der Waals surface area (Å²) < 4.78 is 35.5. The van der Waals surface area contributed by atoms with Gasteiger partial charge in [-0.25, -0.2) is 8.78 Å². The third kappa shape index (κ3) is 7.13. The maximum atomic E-state index is 15.0. The second-order valence-corrected chi connectivity index (χ2v) is 8.50.